The molecule has 0 amide bonds. The maximum absolute atomic E-state index is 14.2. The zero-order valence-corrected chi connectivity index (χ0v) is 17.4. The molecule has 0 fully saturated rings. The van der Waals surface area contributed by atoms with Crippen LogP contribution in [0.1, 0.15) is 37.3 Å². The van der Waals surface area contributed by atoms with E-state index in [1.165, 1.54) is 0 Å². The van der Waals surface area contributed by atoms with Crippen molar-refractivity contribution in [3.63, 3.8) is 0 Å². The summed E-state index contributed by atoms with van der Waals surface area (Å²) >= 11 is 0. The molecule has 1 N–H and O–H groups in total. The van der Waals surface area contributed by atoms with Crippen LogP contribution < -0.4 is 0 Å². The molecule has 0 aliphatic rings. The van der Waals surface area contributed by atoms with E-state index in [1.54, 1.807) is 24.4 Å². The van der Waals surface area contributed by atoms with Gasteiger partial charge < -0.3 is 5.11 Å². The molecule has 3 rings (SSSR count). The Balaban J connectivity index is 1.65. The van der Waals surface area contributed by atoms with E-state index >= 15 is 0 Å². The summed E-state index contributed by atoms with van der Waals surface area (Å²) in [7, 11) is 0. The Labute approximate surface area is 178 Å². The fourth-order valence-corrected chi connectivity index (χ4v) is 3.30. The molecule has 2 nitrogen and oxygen atoms in total. The van der Waals surface area contributed by atoms with Crippen molar-refractivity contribution in [1.29, 1.82) is 0 Å². The fourth-order valence-electron chi connectivity index (χ4n) is 3.30. The lowest BCUT2D eigenvalue weighted by atomic mass is 10.0. The van der Waals surface area contributed by atoms with Gasteiger partial charge in [0.15, 0.2) is 0 Å². The third-order valence-corrected chi connectivity index (χ3v) is 5.02. The summed E-state index contributed by atoms with van der Waals surface area (Å²) in [6.45, 7) is 5.48. The molecule has 0 bridgehead atoms. The molecule has 0 radical (unpaired) electrons. The van der Waals surface area contributed by atoms with Gasteiger partial charge in [0.25, 0.3) is 0 Å². The number of pyridine rings is 1. The Hall–Kier alpha value is -3.04. The van der Waals surface area contributed by atoms with Gasteiger partial charge in [-0.15, -0.1) is 6.58 Å². The number of unbranched alkanes of at least 4 members (excludes halogenated alkanes) is 1. The normalized spacial score (nSPS) is 12.2. The Bertz CT molecular complexity index is 988. The van der Waals surface area contributed by atoms with Gasteiger partial charge in [-0.3, -0.25) is 4.98 Å². The van der Waals surface area contributed by atoms with Crippen molar-refractivity contribution in [3.05, 3.63) is 96.5 Å². The third-order valence-electron chi connectivity index (χ3n) is 5.02. The topological polar surface area (TPSA) is 33.1 Å². The molecule has 3 aromatic rings. The number of benzene rings is 2. The molecular weight excluding hydrogens is 373 g/mol. The van der Waals surface area contributed by atoms with E-state index in [0.29, 0.717) is 12.0 Å². The van der Waals surface area contributed by atoms with Crippen molar-refractivity contribution in [2.75, 3.05) is 0 Å². The number of aliphatic hydroxyl groups excluding tert-OH is 1. The van der Waals surface area contributed by atoms with Crippen LogP contribution in [-0.2, 0) is 6.42 Å². The first-order valence-corrected chi connectivity index (χ1v) is 10.4. The molecule has 0 aliphatic carbocycles. The zero-order valence-electron chi connectivity index (χ0n) is 17.4. The molecule has 0 aliphatic heterocycles. The predicted octanol–water partition coefficient (Wildman–Crippen LogP) is 6.85. The van der Waals surface area contributed by atoms with Gasteiger partial charge >= 0.3 is 0 Å². The van der Waals surface area contributed by atoms with Gasteiger partial charge in [-0.25, -0.2) is 4.39 Å². The number of aliphatic hydroxyl groups is 1. The molecule has 0 saturated carbocycles. The second-order valence-corrected chi connectivity index (χ2v) is 7.54. The van der Waals surface area contributed by atoms with Gasteiger partial charge in [-0.1, -0.05) is 60.7 Å². The number of nitrogens with zero attached hydrogens (tertiary/aromatic N) is 1. The second-order valence-electron chi connectivity index (χ2n) is 7.54. The summed E-state index contributed by atoms with van der Waals surface area (Å²) < 4.78 is 14.2. The summed E-state index contributed by atoms with van der Waals surface area (Å²) in [4.78, 5) is 4.57. The van der Waals surface area contributed by atoms with E-state index in [9.17, 15) is 9.50 Å². The number of rotatable bonds is 9. The average molecular weight is 402 g/mol. The quantitative estimate of drug-likeness (QED) is 0.314. The van der Waals surface area contributed by atoms with Gasteiger partial charge in [0.2, 0.25) is 0 Å². The Morgan fingerprint density at radius 1 is 1.03 bits per heavy atom. The van der Waals surface area contributed by atoms with Gasteiger partial charge in [0.1, 0.15) is 5.82 Å². The first-order chi connectivity index (χ1) is 14.6. The van der Waals surface area contributed by atoms with Crippen LogP contribution in [0, 0.1) is 5.82 Å². The van der Waals surface area contributed by atoms with Crippen LogP contribution in [0.5, 0.6) is 0 Å². The minimum absolute atomic E-state index is 0.217. The minimum Gasteiger partial charge on any atom is -0.393 e. The Morgan fingerprint density at radius 3 is 2.40 bits per heavy atom. The molecule has 30 heavy (non-hydrogen) atoms. The number of hydrogen-bond acceptors (Lipinski definition) is 2. The monoisotopic (exact) mass is 401 g/mol. The van der Waals surface area contributed by atoms with Gasteiger partial charge in [-0.05, 0) is 61.4 Å². The summed E-state index contributed by atoms with van der Waals surface area (Å²) in [6.07, 6.45) is 10.8. The number of halogens is 1. The van der Waals surface area contributed by atoms with E-state index in [-0.39, 0.29) is 11.9 Å². The van der Waals surface area contributed by atoms with Crippen LogP contribution in [0.2, 0.25) is 0 Å². The Morgan fingerprint density at radius 2 is 1.77 bits per heavy atom. The highest BCUT2D eigenvalue weighted by atomic mass is 19.1. The number of hydrogen-bond donors (Lipinski definition) is 1. The van der Waals surface area contributed by atoms with Crippen molar-refractivity contribution < 1.29 is 9.50 Å². The number of aromatic nitrogens is 1. The first kappa shape index (κ1) is 21.7. The molecule has 2 aromatic carbocycles. The maximum atomic E-state index is 14.2. The summed E-state index contributed by atoms with van der Waals surface area (Å²) in [5.41, 5.74) is 5.42. The van der Waals surface area contributed by atoms with Crippen LogP contribution in [0.15, 0.2) is 79.5 Å². The molecule has 1 aromatic heterocycles. The van der Waals surface area contributed by atoms with Gasteiger partial charge in [0.05, 0.1) is 11.8 Å². The van der Waals surface area contributed by atoms with Crippen LogP contribution in [0.25, 0.3) is 28.5 Å². The molecule has 1 heterocycles. The van der Waals surface area contributed by atoms with E-state index in [2.05, 4.69) is 48.0 Å². The van der Waals surface area contributed by atoms with Crippen molar-refractivity contribution in [3.8, 4) is 22.4 Å². The van der Waals surface area contributed by atoms with E-state index in [1.807, 2.05) is 25.1 Å². The van der Waals surface area contributed by atoms with Crippen molar-refractivity contribution in [2.45, 2.75) is 38.7 Å². The van der Waals surface area contributed by atoms with Crippen molar-refractivity contribution in [1.82, 2.24) is 4.98 Å². The molecule has 0 saturated heterocycles. The van der Waals surface area contributed by atoms with Crippen molar-refractivity contribution in [2.24, 2.45) is 0 Å². The zero-order chi connectivity index (χ0) is 21.3. The standard InChI is InChI=1S/C27H28FNO/c1-3-7-22-14-15-24(18-26(22)28)25-16-17-27(29-19-25)23-12-10-21(11-13-23)9-6-4-5-8-20(2)30/h3,6,9-20,30H,1,4-5,7-8H2,2H3. The van der Waals surface area contributed by atoms with Crippen LogP contribution in [-0.4, -0.2) is 16.2 Å². The lowest BCUT2D eigenvalue weighted by Gasteiger charge is -2.07. The number of allylic oxidation sites excluding steroid dienone is 2. The summed E-state index contributed by atoms with van der Waals surface area (Å²) in [6, 6.07) is 17.5. The fraction of sp³-hybridized carbons (Fsp3) is 0.222. The molecular formula is C27H28FNO. The predicted molar refractivity (Wildman–Crippen MR) is 124 cm³/mol. The molecule has 1 atom stereocenters. The van der Waals surface area contributed by atoms with Gasteiger partial charge in [-0.2, -0.15) is 0 Å². The lowest BCUT2D eigenvalue weighted by Crippen LogP contribution is -1.97. The van der Waals surface area contributed by atoms with Crippen LogP contribution in [0.3, 0.4) is 0 Å². The second kappa shape index (κ2) is 10.7. The molecule has 1 unspecified atom stereocenters. The smallest absolute Gasteiger partial charge is 0.127 e. The molecule has 154 valence electrons. The highest BCUT2D eigenvalue weighted by molar-refractivity contribution is 5.68. The van der Waals surface area contributed by atoms with Gasteiger partial charge in [0, 0.05) is 17.3 Å². The van der Waals surface area contributed by atoms with E-state index in [4.69, 9.17) is 0 Å². The minimum atomic E-state index is -0.229. The highest BCUT2D eigenvalue weighted by Crippen LogP contribution is 2.25. The van der Waals surface area contributed by atoms with Crippen molar-refractivity contribution >= 4 is 6.08 Å². The molecule has 3 heteroatoms. The van der Waals surface area contributed by atoms with E-state index in [0.717, 1.165) is 47.2 Å². The average Bonchev–Trinajstić information content (AvgIpc) is 2.75. The van der Waals surface area contributed by atoms with Crippen LogP contribution in [0.4, 0.5) is 4.39 Å². The largest absolute Gasteiger partial charge is 0.393 e. The van der Waals surface area contributed by atoms with Crippen LogP contribution >= 0.6 is 0 Å². The molecule has 0 spiro atoms. The lowest BCUT2D eigenvalue weighted by molar-refractivity contribution is 0.182. The highest BCUT2D eigenvalue weighted by Gasteiger charge is 2.06. The SMILES string of the molecule is C=CCc1ccc(-c2ccc(-c3ccc(C=CCCCC(C)O)cc3)nc2)cc1F. The summed E-state index contributed by atoms with van der Waals surface area (Å²) in [5, 5.41) is 9.28. The third kappa shape index (κ3) is 5.98. The first-order valence-electron chi connectivity index (χ1n) is 10.4. The van der Waals surface area contributed by atoms with E-state index < -0.39 is 0 Å². The summed E-state index contributed by atoms with van der Waals surface area (Å²) in [5.74, 6) is -0.217. The maximum Gasteiger partial charge on any atom is 0.127 e. The Kier molecular flexibility index (Phi) is 7.69.